The van der Waals surface area contributed by atoms with Crippen LogP contribution in [0.4, 0.5) is 5.69 Å². The highest BCUT2D eigenvalue weighted by Crippen LogP contribution is 2.14. The van der Waals surface area contributed by atoms with Gasteiger partial charge in [-0.3, -0.25) is 14.9 Å². The number of nitrogens with one attached hydrogen (secondary N) is 1. The van der Waals surface area contributed by atoms with Gasteiger partial charge in [0, 0.05) is 11.9 Å². The third-order valence-corrected chi connectivity index (χ3v) is 2.17. The number of piperazine rings is 1. The predicted molar refractivity (Wildman–Crippen MR) is 54.3 cm³/mol. The second kappa shape index (κ2) is 3.98. The van der Waals surface area contributed by atoms with Crippen LogP contribution in [0.3, 0.4) is 0 Å². The zero-order valence-electron chi connectivity index (χ0n) is 8.30. The number of nitriles is 1. The van der Waals surface area contributed by atoms with Gasteiger partial charge in [-0.25, -0.2) is 4.98 Å². The van der Waals surface area contributed by atoms with Crippen LogP contribution in [0, 0.1) is 11.3 Å². The van der Waals surface area contributed by atoms with Crippen LogP contribution in [0.25, 0.3) is 0 Å². The average Bonchev–Trinajstić information content (AvgIpc) is 2.28. The zero-order chi connectivity index (χ0) is 11.5. The predicted octanol–water partition coefficient (Wildman–Crippen LogP) is -0.584. The molecule has 16 heavy (non-hydrogen) atoms. The molecular weight excluding hydrogens is 208 g/mol. The Kier molecular flexibility index (Phi) is 2.52. The lowest BCUT2D eigenvalue weighted by molar-refractivity contribution is -0.130. The lowest BCUT2D eigenvalue weighted by atomic mass is 10.2. The van der Waals surface area contributed by atoms with E-state index in [1.807, 2.05) is 6.07 Å². The van der Waals surface area contributed by atoms with E-state index in [1.54, 1.807) is 17.0 Å². The number of nitrogens with zero attached hydrogens (tertiary/aromatic N) is 3. The molecule has 1 aliphatic rings. The topological polar surface area (TPSA) is 86.1 Å². The van der Waals surface area contributed by atoms with E-state index in [4.69, 9.17) is 5.26 Å². The Bertz CT molecular complexity index is 476. The highest BCUT2D eigenvalue weighted by molar-refractivity contribution is 6.02. The van der Waals surface area contributed by atoms with Crippen molar-refractivity contribution in [2.24, 2.45) is 0 Å². The van der Waals surface area contributed by atoms with Gasteiger partial charge in [0.2, 0.25) is 11.8 Å². The molecule has 2 heterocycles. The van der Waals surface area contributed by atoms with Gasteiger partial charge in [-0.15, -0.1) is 0 Å². The summed E-state index contributed by atoms with van der Waals surface area (Å²) in [7, 11) is 0. The molecule has 1 aromatic heterocycles. The Hall–Kier alpha value is -2.42. The summed E-state index contributed by atoms with van der Waals surface area (Å²) in [5.41, 5.74) is 0.908. The molecule has 0 radical (unpaired) electrons. The molecule has 0 aliphatic carbocycles. The van der Waals surface area contributed by atoms with Crippen LogP contribution in [0.5, 0.6) is 0 Å². The quantitative estimate of drug-likeness (QED) is 0.634. The van der Waals surface area contributed by atoms with E-state index in [0.717, 1.165) is 0 Å². The molecule has 6 nitrogen and oxygen atoms in total. The van der Waals surface area contributed by atoms with Crippen LogP contribution in [-0.4, -0.2) is 29.9 Å². The van der Waals surface area contributed by atoms with Gasteiger partial charge >= 0.3 is 0 Å². The van der Waals surface area contributed by atoms with Gasteiger partial charge < -0.3 is 4.90 Å². The molecule has 1 saturated heterocycles. The average molecular weight is 216 g/mol. The summed E-state index contributed by atoms with van der Waals surface area (Å²) in [5, 5.41) is 10.9. The van der Waals surface area contributed by atoms with Gasteiger partial charge in [0.05, 0.1) is 13.1 Å². The smallest absolute Gasteiger partial charge is 0.246 e. The Morgan fingerprint density at radius 3 is 2.69 bits per heavy atom. The summed E-state index contributed by atoms with van der Waals surface area (Å²) in [5.74, 6) is -0.682. The molecule has 1 N–H and O–H groups in total. The molecule has 0 aromatic carbocycles. The van der Waals surface area contributed by atoms with Gasteiger partial charge in [-0.05, 0) is 12.1 Å². The number of amides is 2. The fraction of sp³-hybridized carbons (Fsp3) is 0.200. The van der Waals surface area contributed by atoms with Crippen molar-refractivity contribution in [2.45, 2.75) is 0 Å². The molecule has 0 spiro atoms. The standard InChI is InChI=1S/C10H8N4O2/c11-4-7-3-8(1-2-12-7)14-5-9(15)13-10(16)6-14/h1-3H,5-6H2,(H,13,15,16). The van der Waals surface area contributed by atoms with E-state index in [1.165, 1.54) is 6.20 Å². The number of carbonyl (C=O) groups excluding carboxylic acids is 2. The lowest BCUT2D eigenvalue weighted by Crippen LogP contribution is -2.51. The van der Waals surface area contributed by atoms with E-state index in [0.29, 0.717) is 5.69 Å². The highest BCUT2D eigenvalue weighted by atomic mass is 16.2. The maximum absolute atomic E-state index is 11.2. The molecule has 0 unspecified atom stereocenters. The summed E-state index contributed by atoms with van der Waals surface area (Å²) in [6.07, 6.45) is 1.48. The van der Waals surface area contributed by atoms with Crippen molar-refractivity contribution >= 4 is 17.5 Å². The van der Waals surface area contributed by atoms with E-state index in [-0.39, 0.29) is 30.6 Å². The van der Waals surface area contributed by atoms with Gasteiger partial charge in [-0.1, -0.05) is 0 Å². The SMILES string of the molecule is N#Cc1cc(N2CC(=O)NC(=O)C2)ccn1. The van der Waals surface area contributed by atoms with Crippen molar-refractivity contribution in [3.05, 3.63) is 24.0 Å². The molecule has 0 bridgehead atoms. The van der Waals surface area contributed by atoms with Gasteiger partial charge in [0.15, 0.2) is 0 Å². The summed E-state index contributed by atoms with van der Waals surface area (Å²) < 4.78 is 0. The van der Waals surface area contributed by atoms with E-state index in [9.17, 15) is 9.59 Å². The molecule has 1 fully saturated rings. The summed E-state index contributed by atoms with van der Waals surface area (Å²) in [6.45, 7) is 0.223. The lowest BCUT2D eigenvalue weighted by Gasteiger charge is -2.27. The minimum Gasteiger partial charge on any atom is -0.353 e. The number of imide groups is 1. The van der Waals surface area contributed by atoms with Gasteiger partial charge in [0.1, 0.15) is 11.8 Å². The van der Waals surface area contributed by atoms with Crippen LogP contribution in [-0.2, 0) is 9.59 Å². The number of carbonyl (C=O) groups is 2. The van der Waals surface area contributed by atoms with Crippen LogP contribution in [0.15, 0.2) is 18.3 Å². The van der Waals surface area contributed by atoms with Crippen LogP contribution < -0.4 is 10.2 Å². The number of rotatable bonds is 1. The van der Waals surface area contributed by atoms with Crippen LogP contribution in [0.2, 0.25) is 0 Å². The fourth-order valence-corrected chi connectivity index (χ4v) is 1.50. The Balaban J connectivity index is 2.26. The maximum Gasteiger partial charge on any atom is 0.246 e. The van der Waals surface area contributed by atoms with Crippen molar-refractivity contribution < 1.29 is 9.59 Å². The molecule has 2 amide bonds. The number of pyridine rings is 1. The number of hydrogen-bond donors (Lipinski definition) is 1. The number of hydrogen-bond acceptors (Lipinski definition) is 5. The molecule has 1 aromatic rings. The summed E-state index contributed by atoms with van der Waals surface area (Å²) in [6, 6.07) is 5.11. The highest BCUT2D eigenvalue weighted by Gasteiger charge is 2.22. The van der Waals surface area contributed by atoms with E-state index in [2.05, 4.69) is 10.3 Å². The van der Waals surface area contributed by atoms with E-state index >= 15 is 0 Å². The van der Waals surface area contributed by atoms with Crippen molar-refractivity contribution in [1.29, 1.82) is 5.26 Å². The van der Waals surface area contributed by atoms with Gasteiger partial charge in [0.25, 0.3) is 0 Å². The monoisotopic (exact) mass is 216 g/mol. The van der Waals surface area contributed by atoms with Gasteiger partial charge in [-0.2, -0.15) is 5.26 Å². The molecular formula is C10H8N4O2. The third-order valence-electron chi connectivity index (χ3n) is 2.17. The Morgan fingerprint density at radius 1 is 1.38 bits per heavy atom. The second-order valence-electron chi connectivity index (χ2n) is 3.34. The first-order chi connectivity index (χ1) is 7.69. The minimum absolute atomic E-state index is 0.112. The Labute approximate surface area is 91.5 Å². The molecule has 0 atom stereocenters. The zero-order valence-corrected chi connectivity index (χ0v) is 8.30. The molecule has 80 valence electrons. The Morgan fingerprint density at radius 2 is 2.06 bits per heavy atom. The second-order valence-corrected chi connectivity index (χ2v) is 3.34. The van der Waals surface area contributed by atoms with Crippen LogP contribution >= 0.6 is 0 Å². The summed E-state index contributed by atoms with van der Waals surface area (Å²) >= 11 is 0. The first-order valence-electron chi connectivity index (χ1n) is 4.63. The van der Waals surface area contributed by atoms with Crippen molar-refractivity contribution in [1.82, 2.24) is 10.3 Å². The van der Waals surface area contributed by atoms with Crippen LogP contribution in [0.1, 0.15) is 5.69 Å². The first-order valence-corrected chi connectivity index (χ1v) is 4.63. The number of aromatic nitrogens is 1. The van der Waals surface area contributed by atoms with Crippen molar-refractivity contribution in [2.75, 3.05) is 18.0 Å². The summed E-state index contributed by atoms with van der Waals surface area (Å²) in [4.78, 5) is 27.7. The normalized spacial score (nSPS) is 15.6. The number of anilines is 1. The van der Waals surface area contributed by atoms with Crippen molar-refractivity contribution in [3.63, 3.8) is 0 Å². The molecule has 1 aliphatic heterocycles. The minimum atomic E-state index is -0.341. The molecule has 0 saturated carbocycles. The van der Waals surface area contributed by atoms with Crippen molar-refractivity contribution in [3.8, 4) is 6.07 Å². The fourth-order valence-electron chi connectivity index (χ4n) is 1.50. The van der Waals surface area contributed by atoms with E-state index < -0.39 is 0 Å². The third kappa shape index (κ3) is 1.98. The maximum atomic E-state index is 11.2. The molecule has 6 heteroatoms. The largest absolute Gasteiger partial charge is 0.353 e. The molecule has 2 rings (SSSR count). The first kappa shape index (κ1) is 10.1.